The number of aromatic nitrogens is 1. The summed E-state index contributed by atoms with van der Waals surface area (Å²) in [4.78, 5) is 4.02. The highest BCUT2D eigenvalue weighted by Crippen LogP contribution is 2.44. The largest absolute Gasteiger partial charge is 0.319 e. The van der Waals surface area contributed by atoms with E-state index in [0.717, 1.165) is 26.1 Å². The van der Waals surface area contributed by atoms with Crippen LogP contribution < -0.4 is 10.6 Å². The summed E-state index contributed by atoms with van der Waals surface area (Å²) in [7, 11) is 2.04. The normalized spacial score (nSPS) is 17.3. The van der Waals surface area contributed by atoms with Crippen LogP contribution in [0.4, 0.5) is 0 Å². The van der Waals surface area contributed by atoms with Gasteiger partial charge in [-0.1, -0.05) is 0 Å². The second-order valence-electron chi connectivity index (χ2n) is 4.81. The molecule has 0 unspecified atom stereocenters. The van der Waals surface area contributed by atoms with Gasteiger partial charge in [0.2, 0.25) is 0 Å². The van der Waals surface area contributed by atoms with Crippen LogP contribution in [0.5, 0.6) is 0 Å². The quantitative estimate of drug-likeness (QED) is 0.677. The van der Waals surface area contributed by atoms with Gasteiger partial charge in [0.15, 0.2) is 0 Å². The second-order valence-corrected chi connectivity index (χ2v) is 4.81. The van der Waals surface area contributed by atoms with E-state index < -0.39 is 0 Å². The van der Waals surface area contributed by atoms with E-state index in [0.29, 0.717) is 5.41 Å². The third-order valence-corrected chi connectivity index (χ3v) is 3.35. The standard InChI is InChI=1S/C13H21N3/c1-14-10-13(5-6-13)11-16-9-4-12-2-7-15-8-3-12/h2-3,7-8,14,16H,4-6,9-11H2,1H3. The van der Waals surface area contributed by atoms with Crippen molar-refractivity contribution in [2.45, 2.75) is 19.3 Å². The molecule has 1 fully saturated rings. The zero-order valence-electron chi connectivity index (χ0n) is 10.00. The van der Waals surface area contributed by atoms with Crippen molar-refractivity contribution in [1.29, 1.82) is 0 Å². The molecule has 0 saturated heterocycles. The lowest BCUT2D eigenvalue weighted by molar-refractivity contribution is 0.441. The fourth-order valence-corrected chi connectivity index (χ4v) is 2.10. The maximum absolute atomic E-state index is 4.02. The summed E-state index contributed by atoms with van der Waals surface area (Å²) in [6, 6.07) is 4.17. The summed E-state index contributed by atoms with van der Waals surface area (Å²) >= 11 is 0. The first kappa shape index (κ1) is 11.6. The molecule has 1 aromatic rings. The molecule has 0 amide bonds. The van der Waals surface area contributed by atoms with Crippen molar-refractivity contribution in [3.8, 4) is 0 Å². The van der Waals surface area contributed by atoms with Crippen molar-refractivity contribution in [3.63, 3.8) is 0 Å². The SMILES string of the molecule is CNCC1(CNCCc2ccncc2)CC1. The monoisotopic (exact) mass is 219 g/mol. The molecule has 0 spiro atoms. The van der Waals surface area contributed by atoms with E-state index in [1.807, 2.05) is 19.4 Å². The summed E-state index contributed by atoms with van der Waals surface area (Å²) < 4.78 is 0. The van der Waals surface area contributed by atoms with Gasteiger partial charge in [0.1, 0.15) is 0 Å². The summed E-state index contributed by atoms with van der Waals surface area (Å²) in [5, 5.41) is 6.84. The van der Waals surface area contributed by atoms with Crippen molar-refractivity contribution in [1.82, 2.24) is 15.6 Å². The smallest absolute Gasteiger partial charge is 0.0270 e. The molecule has 0 aliphatic heterocycles. The van der Waals surface area contributed by atoms with E-state index in [2.05, 4.69) is 27.8 Å². The van der Waals surface area contributed by atoms with Gasteiger partial charge in [0, 0.05) is 25.5 Å². The average Bonchev–Trinajstić information content (AvgIpc) is 3.07. The molecular formula is C13H21N3. The maximum Gasteiger partial charge on any atom is 0.0270 e. The van der Waals surface area contributed by atoms with Gasteiger partial charge in [0.05, 0.1) is 0 Å². The Labute approximate surface area is 97.7 Å². The predicted molar refractivity (Wildman–Crippen MR) is 66.4 cm³/mol. The Kier molecular flexibility index (Phi) is 3.91. The molecule has 1 aliphatic rings. The Balaban J connectivity index is 1.62. The van der Waals surface area contributed by atoms with E-state index in [1.165, 1.54) is 18.4 Å². The van der Waals surface area contributed by atoms with Crippen molar-refractivity contribution < 1.29 is 0 Å². The molecule has 3 nitrogen and oxygen atoms in total. The van der Waals surface area contributed by atoms with Crippen molar-refractivity contribution in [2.24, 2.45) is 5.41 Å². The van der Waals surface area contributed by atoms with Crippen molar-refractivity contribution in [3.05, 3.63) is 30.1 Å². The molecular weight excluding hydrogens is 198 g/mol. The Bertz CT molecular complexity index is 306. The molecule has 0 radical (unpaired) electrons. The molecule has 1 saturated carbocycles. The van der Waals surface area contributed by atoms with Crippen LogP contribution in [0.1, 0.15) is 18.4 Å². The topological polar surface area (TPSA) is 37.0 Å². The van der Waals surface area contributed by atoms with Gasteiger partial charge in [-0.2, -0.15) is 0 Å². The first-order valence-electron chi connectivity index (χ1n) is 6.09. The zero-order valence-corrected chi connectivity index (χ0v) is 10.00. The minimum Gasteiger partial charge on any atom is -0.319 e. The molecule has 88 valence electrons. The Morgan fingerprint density at radius 1 is 1.25 bits per heavy atom. The molecule has 3 heteroatoms. The molecule has 1 heterocycles. The lowest BCUT2D eigenvalue weighted by atomic mass is 10.1. The first-order valence-corrected chi connectivity index (χ1v) is 6.09. The first-order chi connectivity index (χ1) is 7.85. The Morgan fingerprint density at radius 3 is 2.62 bits per heavy atom. The van der Waals surface area contributed by atoms with Crippen LogP contribution in [0.15, 0.2) is 24.5 Å². The van der Waals surface area contributed by atoms with E-state index in [4.69, 9.17) is 0 Å². The highest BCUT2D eigenvalue weighted by atomic mass is 14.9. The van der Waals surface area contributed by atoms with Crippen LogP contribution in [0.3, 0.4) is 0 Å². The summed E-state index contributed by atoms with van der Waals surface area (Å²) in [5.74, 6) is 0. The second kappa shape index (κ2) is 5.41. The number of pyridine rings is 1. The van der Waals surface area contributed by atoms with Gasteiger partial charge >= 0.3 is 0 Å². The van der Waals surface area contributed by atoms with E-state index in [1.54, 1.807) is 0 Å². The molecule has 1 aromatic heterocycles. The Hall–Kier alpha value is -0.930. The van der Waals surface area contributed by atoms with Crippen LogP contribution in [-0.2, 0) is 6.42 Å². The fourth-order valence-electron chi connectivity index (χ4n) is 2.10. The fraction of sp³-hybridized carbons (Fsp3) is 0.615. The average molecular weight is 219 g/mol. The van der Waals surface area contributed by atoms with Crippen LogP contribution >= 0.6 is 0 Å². The minimum atomic E-state index is 0.562. The summed E-state index contributed by atoms with van der Waals surface area (Å²) in [6.07, 6.45) is 7.56. The molecule has 0 atom stereocenters. The van der Waals surface area contributed by atoms with Gasteiger partial charge in [-0.15, -0.1) is 0 Å². The number of nitrogens with zero attached hydrogens (tertiary/aromatic N) is 1. The van der Waals surface area contributed by atoms with Crippen LogP contribution in [0.25, 0.3) is 0 Å². The van der Waals surface area contributed by atoms with Gasteiger partial charge < -0.3 is 10.6 Å². The lowest BCUT2D eigenvalue weighted by Gasteiger charge is -2.15. The van der Waals surface area contributed by atoms with Gasteiger partial charge in [0.25, 0.3) is 0 Å². The minimum absolute atomic E-state index is 0.562. The Morgan fingerprint density at radius 2 is 2.00 bits per heavy atom. The number of hydrogen-bond donors (Lipinski definition) is 2. The lowest BCUT2D eigenvalue weighted by Crippen LogP contribution is -2.32. The number of nitrogens with one attached hydrogen (secondary N) is 2. The zero-order chi connectivity index (χ0) is 11.3. The molecule has 1 aliphatic carbocycles. The van der Waals surface area contributed by atoms with Gasteiger partial charge in [-0.05, 0) is 56.0 Å². The molecule has 2 rings (SSSR count). The van der Waals surface area contributed by atoms with Crippen molar-refractivity contribution >= 4 is 0 Å². The highest BCUT2D eigenvalue weighted by molar-refractivity contribution is 5.09. The van der Waals surface area contributed by atoms with E-state index in [9.17, 15) is 0 Å². The molecule has 0 aromatic carbocycles. The molecule has 0 bridgehead atoms. The molecule has 16 heavy (non-hydrogen) atoms. The van der Waals surface area contributed by atoms with E-state index >= 15 is 0 Å². The maximum atomic E-state index is 4.02. The number of hydrogen-bond acceptors (Lipinski definition) is 3. The van der Waals surface area contributed by atoms with Crippen LogP contribution in [0.2, 0.25) is 0 Å². The summed E-state index contributed by atoms with van der Waals surface area (Å²) in [6.45, 7) is 3.36. The summed E-state index contributed by atoms with van der Waals surface area (Å²) in [5.41, 5.74) is 1.92. The van der Waals surface area contributed by atoms with Crippen LogP contribution in [0, 0.1) is 5.41 Å². The van der Waals surface area contributed by atoms with Gasteiger partial charge in [-0.25, -0.2) is 0 Å². The third-order valence-electron chi connectivity index (χ3n) is 3.35. The molecule has 2 N–H and O–H groups in total. The third kappa shape index (κ3) is 3.29. The van der Waals surface area contributed by atoms with Crippen molar-refractivity contribution in [2.75, 3.05) is 26.7 Å². The predicted octanol–water partition coefficient (Wildman–Crippen LogP) is 1.21. The van der Waals surface area contributed by atoms with Gasteiger partial charge in [-0.3, -0.25) is 4.98 Å². The van der Waals surface area contributed by atoms with E-state index in [-0.39, 0.29) is 0 Å². The van der Waals surface area contributed by atoms with Crippen LogP contribution in [-0.4, -0.2) is 31.7 Å². The highest BCUT2D eigenvalue weighted by Gasteiger charge is 2.41. The number of rotatable bonds is 7.